The number of hydrogen-bond acceptors (Lipinski definition) is 4. The topological polar surface area (TPSA) is 60.6 Å². The maximum absolute atomic E-state index is 13.1. The molecule has 0 spiro atoms. The summed E-state index contributed by atoms with van der Waals surface area (Å²) in [5.41, 5.74) is 1.90. The van der Waals surface area contributed by atoms with E-state index in [9.17, 15) is 31.1 Å². The van der Waals surface area contributed by atoms with Crippen molar-refractivity contribution in [1.82, 2.24) is 9.88 Å². The number of aromatic nitrogens is 1. The van der Waals surface area contributed by atoms with Crippen LogP contribution in [0.1, 0.15) is 21.5 Å². The molecule has 0 bridgehead atoms. The monoisotopic (exact) mass is 576 g/mol. The lowest BCUT2D eigenvalue weighted by Gasteiger charge is -2.36. The number of rotatable bonds is 7. The van der Waals surface area contributed by atoms with E-state index in [4.69, 9.17) is 0 Å². The number of H-pyrrole nitrogens is 1. The number of aromatic amines is 1. The predicted octanol–water partition coefficient (Wildman–Crippen LogP) is 6.70. The van der Waals surface area contributed by atoms with Gasteiger partial charge in [-0.1, -0.05) is 18.2 Å². The number of benzene rings is 3. The Morgan fingerprint density at radius 3 is 2.39 bits per heavy atom. The third kappa shape index (κ3) is 6.94. The minimum absolute atomic E-state index is 0.247. The summed E-state index contributed by atoms with van der Waals surface area (Å²) in [5, 5.41) is 3.51. The fraction of sp³-hybridized carbons (Fsp3) is 0.276. The molecular weight excluding hydrogens is 550 g/mol. The number of ether oxygens (including phenoxy) is 1. The SMILES string of the molecule is O=C(Nc1ccc2[nH]cc(CCN3CCN(c4cccc(C(F)(F)F)c4)CC3)c2c1)c1ccccc1OC(F)(F)F. The van der Waals surface area contributed by atoms with Crippen molar-refractivity contribution >= 4 is 28.2 Å². The van der Waals surface area contributed by atoms with Gasteiger partial charge in [-0.25, -0.2) is 0 Å². The van der Waals surface area contributed by atoms with E-state index in [1.807, 2.05) is 11.1 Å². The average Bonchev–Trinajstić information content (AvgIpc) is 3.33. The second kappa shape index (κ2) is 11.4. The molecule has 0 unspecified atom stereocenters. The van der Waals surface area contributed by atoms with Crippen LogP contribution in [-0.4, -0.2) is 54.9 Å². The van der Waals surface area contributed by atoms with Crippen LogP contribution in [0.5, 0.6) is 5.75 Å². The zero-order chi connectivity index (χ0) is 29.2. The zero-order valence-electron chi connectivity index (χ0n) is 21.6. The standard InChI is InChI=1S/C29H26F6N4O2/c30-28(31,32)20-4-3-5-22(16-20)39-14-12-38(13-15-39)11-10-19-18-36-25-9-8-21(17-24(19)25)37-27(40)23-6-1-2-7-26(23)41-29(33,34)35/h1-9,16-18,36H,10-15H2,(H,37,40). The highest BCUT2D eigenvalue weighted by atomic mass is 19.4. The first-order valence-corrected chi connectivity index (χ1v) is 12.9. The molecule has 1 aromatic heterocycles. The molecule has 41 heavy (non-hydrogen) atoms. The van der Waals surface area contributed by atoms with Gasteiger partial charge in [-0.15, -0.1) is 13.2 Å². The van der Waals surface area contributed by atoms with Gasteiger partial charge in [0.2, 0.25) is 0 Å². The molecule has 216 valence electrons. The molecule has 1 saturated heterocycles. The minimum Gasteiger partial charge on any atom is -0.405 e. The van der Waals surface area contributed by atoms with Crippen molar-refractivity contribution in [2.45, 2.75) is 19.0 Å². The number of anilines is 2. The number of nitrogens with zero attached hydrogens (tertiary/aromatic N) is 2. The Labute approximate surface area is 231 Å². The largest absolute Gasteiger partial charge is 0.573 e. The lowest BCUT2D eigenvalue weighted by atomic mass is 10.1. The summed E-state index contributed by atoms with van der Waals surface area (Å²) in [7, 11) is 0. The third-order valence-corrected chi connectivity index (χ3v) is 6.99. The van der Waals surface area contributed by atoms with Crippen molar-refractivity contribution in [3.05, 3.63) is 89.6 Å². The number of amides is 1. The van der Waals surface area contributed by atoms with Crippen molar-refractivity contribution in [2.24, 2.45) is 0 Å². The van der Waals surface area contributed by atoms with Crippen LogP contribution in [0.15, 0.2) is 72.9 Å². The summed E-state index contributed by atoms with van der Waals surface area (Å²) in [6.07, 6.45) is -6.75. The molecule has 1 aliphatic rings. The van der Waals surface area contributed by atoms with Crippen molar-refractivity contribution < 1.29 is 35.9 Å². The van der Waals surface area contributed by atoms with Crippen LogP contribution in [0.3, 0.4) is 0 Å². The highest BCUT2D eigenvalue weighted by molar-refractivity contribution is 6.07. The van der Waals surface area contributed by atoms with E-state index in [1.54, 1.807) is 24.3 Å². The van der Waals surface area contributed by atoms with Crippen LogP contribution in [0.4, 0.5) is 37.7 Å². The highest BCUT2D eigenvalue weighted by Crippen LogP contribution is 2.32. The molecular formula is C29H26F6N4O2. The first kappa shape index (κ1) is 28.3. The Morgan fingerprint density at radius 1 is 0.902 bits per heavy atom. The van der Waals surface area contributed by atoms with E-state index in [-0.39, 0.29) is 5.56 Å². The Kier molecular flexibility index (Phi) is 7.85. The molecule has 2 N–H and O–H groups in total. The van der Waals surface area contributed by atoms with Crippen LogP contribution in [0, 0.1) is 0 Å². The highest BCUT2D eigenvalue weighted by Gasteiger charge is 2.33. The molecule has 1 aliphatic heterocycles. The second-order valence-corrected chi connectivity index (χ2v) is 9.70. The Hall–Kier alpha value is -4.19. The van der Waals surface area contributed by atoms with Gasteiger partial charge >= 0.3 is 12.5 Å². The number of nitrogens with one attached hydrogen (secondary N) is 2. The van der Waals surface area contributed by atoms with Gasteiger partial charge in [-0.3, -0.25) is 9.69 Å². The molecule has 4 aromatic rings. The molecule has 1 amide bonds. The maximum atomic E-state index is 13.1. The minimum atomic E-state index is -4.93. The Bertz CT molecular complexity index is 1520. The normalized spacial score (nSPS) is 14.8. The molecule has 0 atom stereocenters. The van der Waals surface area contributed by atoms with E-state index >= 15 is 0 Å². The maximum Gasteiger partial charge on any atom is 0.573 e. The Balaban J connectivity index is 1.20. The average molecular weight is 577 g/mol. The summed E-state index contributed by atoms with van der Waals surface area (Å²) in [4.78, 5) is 20.2. The predicted molar refractivity (Wildman–Crippen MR) is 143 cm³/mol. The van der Waals surface area contributed by atoms with Gasteiger partial charge in [0.25, 0.3) is 5.91 Å². The van der Waals surface area contributed by atoms with Crippen LogP contribution < -0.4 is 15.0 Å². The van der Waals surface area contributed by atoms with Crippen molar-refractivity contribution in [3.8, 4) is 5.75 Å². The number of piperazine rings is 1. The lowest BCUT2D eigenvalue weighted by molar-refractivity contribution is -0.274. The van der Waals surface area contributed by atoms with E-state index in [0.29, 0.717) is 44.0 Å². The second-order valence-electron chi connectivity index (χ2n) is 9.70. The Morgan fingerprint density at radius 2 is 1.66 bits per heavy atom. The summed E-state index contributed by atoms with van der Waals surface area (Å²) < 4.78 is 81.5. The molecule has 5 rings (SSSR count). The molecule has 0 saturated carbocycles. The van der Waals surface area contributed by atoms with E-state index in [1.165, 1.54) is 30.3 Å². The first-order chi connectivity index (χ1) is 19.5. The van der Waals surface area contributed by atoms with Gasteiger partial charge in [-0.05, 0) is 60.5 Å². The summed E-state index contributed by atoms with van der Waals surface area (Å²) in [5.74, 6) is -1.33. The van der Waals surface area contributed by atoms with Gasteiger partial charge in [0.15, 0.2) is 0 Å². The van der Waals surface area contributed by atoms with Gasteiger partial charge < -0.3 is 19.9 Å². The number of alkyl halides is 6. The van der Waals surface area contributed by atoms with E-state index in [2.05, 4.69) is 19.9 Å². The molecule has 0 radical (unpaired) electrons. The van der Waals surface area contributed by atoms with Crippen LogP contribution >= 0.6 is 0 Å². The fourth-order valence-electron chi connectivity index (χ4n) is 4.92. The van der Waals surface area contributed by atoms with Gasteiger partial charge in [0, 0.05) is 61.2 Å². The summed E-state index contributed by atoms with van der Waals surface area (Å²) in [6.45, 7) is 3.32. The molecule has 0 aliphatic carbocycles. The quantitative estimate of drug-likeness (QED) is 0.241. The van der Waals surface area contributed by atoms with Gasteiger partial charge in [0.1, 0.15) is 5.75 Å². The number of para-hydroxylation sites is 1. The molecule has 2 heterocycles. The molecule has 12 heteroatoms. The van der Waals surface area contributed by atoms with Crippen LogP contribution in [0.2, 0.25) is 0 Å². The zero-order valence-corrected chi connectivity index (χ0v) is 21.6. The van der Waals surface area contributed by atoms with Crippen molar-refractivity contribution in [2.75, 3.05) is 42.9 Å². The first-order valence-electron chi connectivity index (χ1n) is 12.9. The fourth-order valence-corrected chi connectivity index (χ4v) is 4.92. The molecule has 6 nitrogen and oxygen atoms in total. The number of fused-ring (bicyclic) bond motifs is 1. The molecule has 3 aromatic carbocycles. The van der Waals surface area contributed by atoms with Crippen LogP contribution in [0.25, 0.3) is 10.9 Å². The van der Waals surface area contributed by atoms with Crippen molar-refractivity contribution in [3.63, 3.8) is 0 Å². The smallest absolute Gasteiger partial charge is 0.405 e. The van der Waals surface area contributed by atoms with E-state index < -0.39 is 29.8 Å². The third-order valence-electron chi connectivity index (χ3n) is 6.99. The number of carbonyl (C=O) groups is 1. The summed E-state index contributed by atoms with van der Waals surface area (Å²) >= 11 is 0. The van der Waals surface area contributed by atoms with E-state index in [0.717, 1.165) is 35.1 Å². The van der Waals surface area contributed by atoms with Crippen LogP contribution in [-0.2, 0) is 12.6 Å². The lowest BCUT2D eigenvalue weighted by Crippen LogP contribution is -2.47. The molecule has 1 fully saturated rings. The number of carbonyl (C=O) groups excluding carboxylic acids is 1. The number of hydrogen-bond donors (Lipinski definition) is 2. The van der Waals surface area contributed by atoms with Gasteiger partial charge in [0.05, 0.1) is 11.1 Å². The van der Waals surface area contributed by atoms with Gasteiger partial charge in [-0.2, -0.15) is 13.2 Å². The summed E-state index contributed by atoms with van der Waals surface area (Å²) in [6, 6.07) is 15.7. The number of halogens is 6. The van der Waals surface area contributed by atoms with Crippen molar-refractivity contribution in [1.29, 1.82) is 0 Å².